The zero-order chi connectivity index (χ0) is 24.6. The molecule has 2 nitrogen and oxygen atoms in total. The third kappa shape index (κ3) is 7.08. The van der Waals surface area contributed by atoms with Crippen molar-refractivity contribution in [3.05, 3.63) is 71.8 Å². The summed E-state index contributed by atoms with van der Waals surface area (Å²) in [6.45, 7) is 8.25. The van der Waals surface area contributed by atoms with Crippen molar-refractivity contribution < 1.29 is 5.11 Å². The van der Waals surface area contributed by atoms with Gasteiger partial charge in [0.05, 0.1) is 0 Å². The molecule has 2 N–H and O–H groups in total. The molecule has 0 aromatic heterocycles. The summed E-state index contributed by atoms with van der Waals surface area (Å²) in [5.74, 6) is 2.36. The van der Waals surface area contributed by atoms with Gasteiger partial charge in [0.15, 0.2) is 0 Å². The first kappa shape index (κ1) is 26.2. The molecule has 2 aliphatic rings. The Hall–Kier alpha value is -1.90. The van der Waals surface area contributed by atoms with Crippen LogP contribution in [-0.2, 0) is 0 Å². The quantitative estimate of drug-likeness (QED) is 0.206. The molecular weight excluding hydrogens is 426 g/mol. The van der Waals surface area contributed by atoms with Crippen molar-refractivity contribution in [3.8, 4) is 11.1 Å². The summed E-state index contributed by atoms with van der Waals surface area (Å²) in [5, 5.41) is 13.0. The highest BCUT2D eigenvalue weighted by atomic mass is 16.3. The SMILES string of the molecule is C=CC(O)NC1CCC(c2ccc(-c3ccc(C4CCC(CCCCC)CC4)cc3C)cc2)CC1. The Morgan fingerprint density at radius 1 is 0.886 bits per heavy atom. The van der Waals surface area contributed by atoms with Crippen LogP contribution in [0.25, 0.3) is 11.1 Å². The molecule has 2 aliphatic carbocycles. The van der Waals surface area contributed by atoms with Crippen molar-refractivity contribution in [2.45, 2.75) is 115 Å². The van der Waals surface area contributed by atoms with E-state index < -0.39 is 6.23 Å². The van der Waals surface area contributed by atoms with Crippen LogP contribution < -0.4 is 5.32 Å². The Morgan fingerprint density at radius 2 is 1.51 bits per heavy atom. The normalized spacial score (nSPS) is 25.8. The number of hydrogen-bond donors (Lipinski definition) is 2. The fraction of sp³-hybridized carbons (Fsp3) is 0.576. The fourth-order valence-electron chi connectivity index (χ4n) is 6.57. The Bertz CT molecular complexity index is 917. The molecule has 2 aromatic carbocycles. The molecule has 2 fully saturated rings. The number of aliphatic hydroxyl groups is 1. The zero-order valence-corrected chi connectivity index (χ0v) is 22.1. The minimum atomic E-state index is -0.587. The first-order valence-electron chi connectivity index (χ1n) is 14.3. The number of aryl methyl sites for hydroxylation is 1. The lowest BCUT2D eigenvalue weighted by Crippen LogP contribution is -2.39. The molecule has 0 saturated heterocycles. The van der Waals surface area contributed by atoms with Crippen molar-refractivity contribution in [1.82, 2.24) is 5.32 Å². The molecule has 0 radical (unpaired) electrons. The van der Waals surface area contributed by atoms with Crippen LogP contribution in [-0.4, -0.2) is 17.4 Å². The summed E-state index contributed by atoms with van der Waals surface area (Å²) in [6.07, 6.45) is 16.8. The topological polar surface area (TPSA) is 32.3 Å². The number of aliphatic hydroxyl groups excluding tert-OH is 1. The van der Waals surface area contributed by atoms with Crippen molar-refractivity contribution in [1.29, 1.82) is 0 Å². The van der Waals surface area contributed by atoms with Gasteiger partial charge in [0, 0.05) is 6.04 Å². The van der Waals surface area contributed by atoms with Crippen molar-refractivity contribution >= 4 is 0 Å². The summed E-state index contributed by atoms with van der Waals surface area (Å²) >= 11 is 0. The predicted octanol–water partition coefficient (Wildman–Crippen LogP) is 8.64. The van der Waals surface area contributed by atoms with Gasteiger partial charge in [-0.05, 0) is 110 Å². The standard InChI is InChI=1S/C33H47NO/c1-4-6-7-8-25-9-11-28(12-10-25)30-19-22-32(24(3)23-30)29-15-13-26(14-16-29)27-17-20-31(21-18-27)34-33(35)5-2/h5,13-16,19,22-23,25,27-28,31,33-35H,2,4,6-12,17-18,20-21H2,1,3H3. The van der Waals surface area contributed by atoms with E-state index >= 15 is 0 Å². The fourth-order valence-corrected chi connectivity index (χ4v) is 6.57. The number of nitrogens with one attached hydrogen (secondary N) is 1. The van der Waals surface area contributed by atoms with Gasteiger partial charge in [-0.2, -0.15) is 0 Å². The van der Waals surface area contributed by atoms with Gasteiger partial charge in [-0.25, -0.2) is 0 Å². The van der Waals surface area contributed by atoms with Crippen molar-refractivity contribution in [3.63, 3.8) is 0 Å². The molecule has 4 rings (SSSR count). The first-order chi connectivity index (χ1) is 17.1. The van der Waals surface area contributed by atoms with Gasteiger partial charge in [-0.15, -0.1) is 0 Å². The van der Waals surface area contributed by atoms with Gasteiger partial charge >= 0.3 is 0 Å². The maximum Gasteiger partial charge on any atom is 0.124 e. The summed E-state index contributed by atoms with van der Waals surface area (Å²) in [7, 11) is 0. The van der Waals surface area contributed by atoms with Gasteiger partial charge in [-0.1, -0.05) is 81.7 Å². The van der Waals surface area contributed by atoms with Crippen LogP contribution in [0.15, 0.2) is 55.1 Å². The highest BCUT2D eigenvalue weighted by Crippen LogP contribution is 2.39. The minimum absolute atomic E-state index is 0.399. The second kappa shape index (κ2) is 12.9. The van der Waals surface area contributed by atoms with Crippen LogP contribution in [0.4, 0.5) is 0 Å². The Balaban J connectivity index is 1.32. The summed E-state index contributed by atoms with van der Waals surface area (Å²) in [4.78, 5) is 0. The third-order valence-corrected chi connectivity index (χ3v) is 8.83. The van der Waals surface area contributed by atoms with E-state index in [0.29, 0.717) is 12.0 Å². The van der Waals surface area contributed by atoms with E-state index in [1.165, 1.54) is 86.5 Å². The van der Waals surface area contributed by atoms with Gasteiger partial charge < -0.3 is 5.11 Å². The summed E-state index contributed by atoms with van der Waals surface area (Å²) in [6, 6.07) is 17.0. The summed E-state index contributed by atoms with van der Waals surface area (Å²) < 4.78 is 0. The molecular formula is C33H47NO. The van der Waals surface area contributed by atoms with Gasteiger partial charge in [-0.3, -0.25) is 5.32 Å². The zero-order valence-electron chi connectivity index (χ0n) is 22.1. The second-order valence-electron chi connectivity index (χ2n) is 11.3. The molecule has 0 amide bonds. The molecule has 0 heterocycles. The third-order valence-electron chi connectivity index (χ3n) is 8.83. The molecule has 2 saturated carbocycles. The van der Waals surface area contributed by atoms with E-state index in [1.54, 1.807) is 11.6 Å². The lowest BCUT2D eigenvalue weighted by Gasteiger charge is -2.30. The van der Waals surface area contributed by atoms with E-state index in [-0.39, 0.29) is 0 Å². The first-order valence-corrected chi connectivity index (χ1v) is 14.3. The second-order valence-corrected chi connectivity index (χ2v) is 11.3. The van der Waals surface area contributed by atoms with E-state index in [2.05, 4.69) is 68.2 Å². The van der Waals surface area contributed by atoms with E-state index in [1.807, 2.05) is 0 Å². The molecule has 2 aromatic rings. The Morgan fingerprint density at radius 3 is 2.14 bits per heavy atom. The Labute approximate surface area is 214 Å². The smallest absolute Gasteiger partial charge is 0.124 e. The highest BCUT2D eigenvalue weighted by Gasteiger charge is 2.24. The molecule has 190 valence electrons. The van der Waals surface area contributed by atoms with Crippen molar-refractivity contribution in [2.75, 3.05) is 0 Å². The van der Waals surface area contributed by atoms with Gasteiger partial charge in [0.25, 0.3) is 0 Å². The average Bonchev–Trinajstić information content (AvgIpc) is 2.90. The van der Waals surface area contributed by atoms with Crippen molar-refractivity contribution in [2.24, 2.45) is 5.92 Å². The lowest BCUT2D eigenvalue weighted by molar-refractivity contribution is 0.153. The van der Waals surface area contributed by atoms with Crippen LogP contribution in [0.2, 0.25) is 0 Å². The summed E-state index contributed by atoms with van der Waals surface area (Å²) in [5.41, 5.74) is 7.14. The average molecular weight is 474 g/mol. The maximum atomic E-state index is 9.76. The van der Waals surface area contributed by atoms with E-state index in [0.717, 1.165) is 24.7 Å². The number of rotatable bonds is 10. The number of hydrogen-bond acceptors (Lipinski definition) is 2. The molecule has 1 atom stereocenters. The maximum absolute atomic E-state index is 9.76. The largest absolute Gasteiger partial charge is 0.375 e. The minimum Gasteiger partial charge on any atom is -0.375 e. The molecule has 2 heteroatoms. The van der Waals surface area contributed by atoms with Crippen LogP contribution in [0.5, 0.6) is 0 Å². The molecule has 1 unspecified atom stereocenters. The van der Waals surface area contributed by atoms with Gasteiger partial charge in [0.2, 0.25) is 0 Å². The molecule has 0 spiro atoms. The number of benzene rings is 2. The van der Waals surface area contributed by atoms with E-state index in [4.69, 9.17) is 0 Å². The molecule has 0 aliphatic heterocycles. The predicted molar refractivity (Wildman–Crippen MR) is 150 cm³/mol. The van der Waals surface area contributed by atoms with Crippen LogP contribution >= 0.6 is 0 Å². The Kier molecular flexibility index (Phi) is 9.63. The molecule has 35 heavy (non-hydrogen) atoms. The molecule has 0 bridgehead atoms. The number of unbranched alkanes of at least 4 members (excludes halogenated alkanes) is 2. The van der Waals surface area contributed by atoms with Crippen LogP contribution in [0.3, 0.4) is 0 Å². The monoisotopic (exact) mass is 473 g/mol. The van der Waals surface area contributed by atoms with E-state index in [9.17, 15) is 5.11 Å². The highest BCUT2D eigenvalue weighted by molar-refractivity contribution is 5.68. The van der Waals surface area contributed by atoms with Crippen LogP contribution in [0, 0.1) is 12.8 Å². The van der Waals surface area contributed by atoms with Crippen LogP contribution in [0.1, 0.15) is 112 Å². The van der Waals surface area contributed by atoms with Gasteiger partial charge in [0.1, 0.15) is 6.23 Å². The lowest BCUT2D eigenvalue weighted by atomic mass is 9.76.